The minimum atomic E-state index is -0.497. The molecule has 0 spiro atoms. The van der Waals surface area contributed by atoms with E-state index in [1.54, 1.807) is 0 Å². The number of amides is 4. The molecule has 0 aliphatic carbocycles. The van der Waals surface area contributed by atoms with E-state index in [1.807, 2.05) is 27.7 Å². The number of urea groups is 1. The number of carbonyl (C=O) groups is 3. The van der Waals surface area contributed by atoms with Crippen LogP contribution in [0.15, 0.2) is 0 Å². The van der Waals surface area contributed by atoms with Gasteiger partial charge in [0, 0.05) is 6.04 Å². The van der Waals surface area contributed by atoms with Crippen molar-refractivity contribution in [3.63, 3.8) is 0 Å². The molecule has 1 heterocycles. The lowest BCUT2D eigenvalue weighted by Crippen LogP contribution is -2.44. The van der Waals surface area contributed by atoms with Gasteiger partial charge in [-0.1, -0.05) is 27.7 Å². The van der Waals surface area contributed by atoms with Crippen LogP contribution in [0.25, 0.3) is 0 Å². The first kappa shape index (κ1) is 16.5. The van der Waals surface area contributed by atoms with Crippen LogP contribution in [-0.2, 0) is 9.59 Å². The highest BCUT2D eigenvalue weighted by Gasteiger charge is 2.39. The topological polar surface area (TPSA) is 78.5 Å². The van der Waals surface area contributed by atoms with Crippen molar-refractivity contribution < 1.29 is 14.4 Å². The van der Waals surface area contributed by atoms with E-state index in [4.69, 9.17) is 0 Å². The summed E-state index contributed by atoms with van der Waals surface area (Å²) in [7, 11) is 0. The van der Waals surface area contributed by atoms with Crippen LogP contribution in [0.5, 0.6) is 0 Å². The summed E-state index contributed by atoms with van der Waals surface area (Å²) in [5.41, 5.74) is 0. The molecule has 0 aromatic rings. The van der Waals surface area contributed by atoms with Gasteiger partial charge in [-0.05, 0) is 25.2 Å². The number of carbonyl (C=O) groups excluding carboxylic acids is 3. The summed E-state index contributed by atoms with van der Waals surface area (Å²) < 4.78 is 0. The van der Waals surface area contributed by atoms with Gasteiger partial charge in [-0.2, -0.15) is 0 Å². The predicted molar refractivity (Wildman–Crippen MR) is 76.0 cm³/mol. The Bertz CT molecular complexity index is 378. The van der Waals surface area contributed by atoms with E-state index in [0.29, 0.717) is 12.3 Å². The highest BCUT2D eigenvalue weighted by molar-refractivity contribution is 6.06. The van der Waals surface area contributed by atoms with Crippen LogP contribution in [0.1, 0.15) is 47.0 Å². The molecule has 0 radical (unpaired) electrons. The van der Waals surface area contributed by atoms with Crippen LogP contribution in [0, 0.1) is 5.92 Å². The molecule has 1 aliphatic heterocycles. The summed E-state index contributed by atoms with van der Waals surface area (Å²) in [6.45, 7) is 7.75. The normalized spacial score (nSPS) is 18.9. The van der Waals surface area contributed by atoms with Gasteiger partial charge in [0.05, 0.1) is 0 Å². The van der Waals surface area contributed by atoms with E-state index in [2.05, 4.69) is 10.6 Å². The molecule has 1 saturated heterocycles. The Morgan fingerprint density at radius 1 is 1.30 bits per heavy atom. The molecule has 0 aromatic carbocycles. The Kier molecular flexibility index (Phi) is 5.98. The molecule has 1 rings (SSSR count). The number of rotatable bonds is 7. The molecule has 20 heavy (non-hydrogen) atoms. The molecule has 6 heteroatoms. The van der Waals surface area contributed by atoms with Gasteiger partial charge in [-0.25, -0.2) is 4.79 Å². The van der Waals surface area contributed by atoms with Crippen molar-refractivity contribution in [2.24, 2.45) is 5.92 Å². The van der Waals surface area contributed by atoms with Crippen LogP contribution in [0.2, 0.25) is 0 Å². The van der Waals surface area contributed by atoms with Crippen LogP contribution in [0.4, 0.5) is 4.79 Å². The summed E-state index contributed by atoms with van der Waals surface area (Å²) in [6, 6.07) is -0.876. The molecule has 1 fully saturated rings. The molecule has 6 nitrogen and oxygen atoms in total. The Labute approximate surface area is 120 Å². The van der Waals surface area contributed by atoms with Gasteiger partial charge >= 0.3 is 6.03 Å². The molecule has 1 atom stereocenters. The highest BCUT2D eigenvalue weighted by Crippen LogP contribution is 2.13. The number of hydrogen-bond donors (Lipinski definition) is 2. The second-order valence-corrected chi connectivity index (χ2v) is 5.64. The average Bonchev–Trinajstić information content (AvgIpc) is 2.63. The minimum Gasteiger partial charge on any atom is -0.352 e. The Hall–Kier alpha value is -1.59. The van der Waals surface area contributed by atoms with Crippen molar-refractivity contribution in [1.29, 1.82) is 0 Å². The van der Waals surface area contributed by atoms with Crippen LogP contribution < -0.4 is 10.6 Å². The van der Waals surface area contributed by atoms with Gasteiger partial charge < -0.3 is 10.6 Å². The monoisotopic (exact) mass is 283 g/mol. The SMILES string of the molecule is CCC(CC)NC(=O)CN1C(=O)NC(CC(C)C)C1=O. The Morgan fingerprint density at radius 2 is 1.90 bits per heavy atom. The molecule has 0 bridgehead atoms. The van der Waals surface area contributed by atoms with E-state index in [-0.39, 0.29) is 24.4 Å². The number of hydrogen-bond acceptors (Lipinski definition) is 3. The first-order valence-corrected chi connectivity index (χ1v) is 7.30. The fourth-order valence-electron chi connectivity index (χ4n) is 2.27. The van der Waals surface area contributed by atoms with E-state index >= 15 is 0 Å². The van der Waals surface area contributed by atoms with Crippen molar-refractivity contribution in [2.45, 2.75) is 59.0 Å². The van der Waals surface area contributed by atoms with Gasteiger partial charge in [0.1, 0.15) is 12.6 Å². The fraction of sp³-hybridized carbons (Fsp3) is 0.786. The van der Waals surface area contributed by atoms with Crippen LogP contribution in [0.3, 0.4) is 0 Å². The Balaban J connectivity index is 2.57. The molecule has 2 N–H and O–H groups in total. The highest BCUT2D eigenvalue weighted by atomic mass is 16.2. The molecule has 0 saturated carbocycles. The molecular weight excluding hydrogens is 258 g/mol. The average molecular weight is 283 g/mol. The third kappa shape index (κ3) is 4.21. The van der Waals surface area contributed by atoms with E-state index in [1.165, 1.54) is 0 Å². The van der Waals surface area contributed by atoms with E-state index in [0.717, 1.165) is 17.7 Å². The van der Waals surface area contributed by atoms with Crippen LogP contribution >= 0.6 is 0 Å². The number of nitrogens with one attached hydrogen (secondary N) is 2. The zero-order valence-corrected chi connectivity index (χ0v) is 12.7. The maximum Gasteiger partial charge on any atom is 0.325 e. The summed E-state index contributed by atoms with van der Waals surface area (Å²) >= 11 is 0. The first-order valence-electron chi connectivity index (χ1n) is 7.30. The third-order valence-corrected chi connectivity index (χ3v) is 3.47. The summed E-state index contributed by atoms with van der Waals surface area (Å²) in [6.07, 6.45) is 2.26. The lowest BCUT2D eigenvalue weighted by Gasteiger charge is -2.17. The predicted octanol–water partition coefficient (Wildman–Crippen LogP) is 1.26. The van der Waals surface area contributed by atoms with Crippen molar-refractivity contribution in [3.05, 3.63) is 0 Å². The van der Waals surface area contributed by atoms with Crippen LogP contribution in [-0.4, -0.2) is 41.4 Å². The van der Waals surface area contributed by atoms with Gasteiger partial charge in [0.15, 0.2) is 0 Å². The second kappa shape index (κ2) is 7.26. The summed E-state index contributed by atoms with van der Waals surface area (Å²) in [5, 5.41) is 5.46. The van der Waals surface area contributed by atoms with E-state index in [9.17, 15) is 14.4 Å². The zero-order valence-electron chi connectivity index (χ0n) is 12.7. The maximum absolute atomic E-state index is 12.1. The molecular formula is C14H25N3O3. The smallest absolute Gasteiger partial charge is 0.325 e. The largest absolute Gasteiger partial charge is 0.352 e. The lowest BCUT2D eigenvalue weighted by molar-refractivity contribution is -0.132. The zero-order chi connectivity index (χ0) is 15.3. The van der Waals surface area contributed by atoms with Gasteiger partial charge in [0.25, 0.3) is 5.91 Å². The lowest BCUT2D eigenvalue weighted by atomic mass is 10.0. The molecule has 1 aliphatic rings. The van der Waals surface area contributed by atoms with Gasteiger partial charge in [-0.15, -0.1) is 0 Å². The Morgan fingerprint density at radius 3 is 2.40 bits per heavy atom. The van der Waals surface area contributed by atoms with Crippen molar-refractivity contribution in [2.75, 3.05) is 6.54 Å². The third-order valence-electron chi connectivity index (χ3n) is 3.47. The molecule has 114 valence electrons. The first-order chi connectivity index (χ1) is 9.38. The minimum absolute atomic E-state index is 0.0923. The quantitative estimate of drug-likeness (QED) is 0.690. The van der Waals surface area contributed by atoms with E-state index < -0.39 is 12.1 Å². The molecule has 0 aromatic heterocycles. The number of nitrogens with zero attached hydrogens (tertiary/aromatic N) is 1. The van der Waals surface area contributed by atoms with Crippen molar-refractivity contribution >= 4 is 17.8 Å². The number of imide groups is 1. The molecule has 1 unspecified atom stereocenters. The standard InChI is InChI=1S/C14H25N3O3/c1-5-10(6-2)15-12(18)8-17-13(19)11(7-9(3)4)16-14(17)20/h9-11H,5-8H2,1-4H3,(H,15,18)(H,16,20). The molecule has 4 amide bonds. The fourth-order valence-corrected chi connectivity index (χ4v) is 2.27. The summed E-state index contributed by atoms with van der Waals surface area (Å²) in [5.74, 6) is -0.279. The van der Waals surface area contributed by atoms with Crippen molar-refractivity contribution in [3.8, 4) is 0 Å². The van der Waals surface area contributed by atoms with Gasteiger partial charge in [0.2, 0.25) is 5.91 Å². The van der Waals surface area contributed by atoms with Gasteiger partial charge in [-0.3, -0.25) is 14.5 Å². The maximum atomic E-state index is 12.1. The summed E-state index contributed by atoms with van der Waals surface area (Å²) in [4.78, 5) is 36.7. The van der Waals surface area contributed by atoms with Crippen molar-refractivity contribution in [1.82, 2.24) is 15.5 Å². The second-order valence-electron chi connectivity index (χ2n) is 5.64.